The summed E-state index contributed by atoms with van der Waals surface area (Å²) in [5.41, 5.74) is 2.49. The molecule has 0 aliphatic heterocycles. The van der Waals surface area contributed by atoms with Gasteiger partial charge in [-0.25, -0.2) is 0 Å². The van der Waals surface area contributed by atoms with Crippen LogP contribution in [0, 0.1) is 0 Å². The van der Waals surface area contributed by atoms with E-state index in [9.17, 15) is 4.79 Å². The summed E-state index contributed by atoms with van der Waals surface area (Å²) in [6.07, 6.45) is 3.50. The third kappa shape index (κ3) is 2.81. The zero-order valence-corrected chi connectivity index (χ0v) is 13.7. The van der Waals surface area contributed by atoms with E-state index < -0.39 is 0 Å². The Morgan fingerprint density at radius 2 is 2.05 bits per heavy atom. The van der Waals surface area contributed by atoms with E-state index in [-0.39, 0.29) is 11.9 Å². The molecule has 4 heteroatoms. The van der Waals surface area contributed by atoms with Crippen molar-refractivity contribution in [1.82, 2.24) is 5.32 Å². The highest BCUT2D eigenvalue weighted by molar-refractivity contribution is 9.10. The van der Waals surface area contributed by atoms with Crippen LogP contribution in [0.1, 0.15) is 45.1 Å². The Labute approximate surface area is 131 Å². The molecule has 1 amide bonds. The fourth-order valence-electron chi connectivity index (χ4n) is 2.54. The number of rotatable bonds is 3. The normalized spacial score (nSPS) is 14.9. The Hall–Kier alpha value is -1.13. The number of fused-ring (bicyclic) bond motifs is 1. The SMILES string of the molecule is C[C@@H](NC(=O)c1cc2c(s1)CCC2)c1ccc(Br)cc1. The van der Waals surface area contributed by atoms with Crippen LogP contribution < -0.4 is 5.32 Å². The topological polar surface area (TPSA) is 29.1 Å². The van der Waals surface area contributed by atoms with E-state index in [4.69, 9.17) is 0 Å². The van der Waals surface area contributed by atoms with Gasteiger partial charge in [-0.05, 0) is 55.5 Å². The molecule has 2 nitrogen and oxygen atoms in total. The standard InChI is InChI=1S/C16H16BrNOS/c1-10(11-5-7-13(17)8-6-11)18-16(19)15-9-12-3-2-4-14(12)20-15/h5-10H,2-4H2,1H3,(H,18,19)/t10-/m1/s1. The first-order valence-electron chi connectivity index (χ1n) is 6.81. The minimum atomic E-state index is 0.0209. The molecule has 1 atom stereocenters. The van der Waals surface area contributed by atoms with E-state index in [2.05, 4.69) is 27.3 Å². The van der Waals surface area contributed by atoms with Crippen molar-refractivity contribution in [3.05, 3.63) is 55.7 Å². The minimum Gasteiger partial charge on any atom is -0.345 e. The molecule has 2 aromatic rings. The molecule has 1 aromatic carbocycles. The van der Waals surface area contributed by atoms with Gasteiger partial charge in [-0.2, -0.15) is 0 Å². The van der Waals surface area contributed by atoms with Gasteiger partial charge in [0.05, 0.1) is 10.9 Å². The fourth-order valence-corrected chi connectivity index (χ4v) is 3.96. The van der Waals surface area contributed by atoms with Gasteiger partial charge in [-0.15, -0.1) is 11.3 Å². The average molecular weight is 350 g/mol. The molecule has 0 fully saturated rings. The molecule has 1 aliphatic rings. The highest BCUT2D eigenvalue weighted by Gasteiger charge is 2.19. The second-order valence-corrected chi connectivity index (χ2v) is 7.21. The lowest BCUT2D eigenvalue weighted by molar-refractivity contribution is 0.0944. The second kappa shape index (κ2) is 5.70. The number of hydrogen-bond acceptors (Lipinski definition) is 2. The second-order valence-electron chi connectivity index (χ2n) is 5.16. The summed E-state index contributed by atoms with van der Waals surface area (Å²) < 4.78 is 1.05. The van der Waals surface area contributed by atoms with E-state index in [1.807, 2.05) is 31.2 Å². The summed E-state index contributed by atoms with van der Waals surface area (Å²) in [4.78, 5) is 14.5. The summed E-state index contributed by atoms with van der Waals surface area (Å²) >= 11 is 5.07. The molecule has 1 N–H and O–H groups in total. The molecule has 0 radical (unpaired) electrons. The van der Waals surface area contributed by atoms with Gasteiger partial charge in [0, 0.05) is 9.35 Å². The zero-order chi connectivity index (χ0) is 14.1. The molecular weight excluding hydrogens is 334 g/mol. The van der Waals surface area contributed by atoms with Crippen molar-refractivity contribution in [2.75, 3.05) is 0 Å². The van der Waals surface area contributed by atoms with Gasteiger partial charge in [0.15, 0.2) is 0 Å². The summed E-state index contributed by atoms with van der Waals surface area (Å²) in [5, 5.41) is 3.08. The molecule has 20 heavy (non-hydrogen) atoms. The third-order valence-corrected chi connectivity index (χ3v) is 5.45. The van der Waals surface area contributed by atoms with Crippen LogP contribution in [0.3, 0.4) is 0 Å². The van der Waals surface area contributed by atoms with Crippen LogP contribution >= 0.6 is 27.3 Å². The number of halogens is 1. The van der Waals surface area contributed by atoms with Gasteiger partial charge in [-0.1, -0.05) is 28.1 Å². The Morgan fingerprint density at radius 3 is 2.75 bits per heavy atom. The van der Waals surface area contributed by atoms with Crippen LogP contribution in [0.25, 0.3) is 0 Å². The maximum atomic E-state index is 12.3. The number of benzene rings is 1. The molecule has 1 aromatic heterocycles. The summed E-state index contributed by atoms with van der Waals surface area (Å²) in [7, 11) is 0. The number of thiophene rings is 1. The average Bonchev–Trinajstić information content (AvgIpc) is 2.99. The lowest BCUT2D eigenvalue weighted by Gasteiger charge is -2.13. The van der Waals surface area contributed by atoms with Gasteiger partial charge in [-0.3, -0.25) is 4.79 Å². The van der Waals surface area contributed by atoms with E-state index in [1.165, 1.54) is 16.9 Å². The van der Waals surface area contributed by atoms with Gasteiger partial charge in [0.2, 0.25) is 0 Å². The Morgan fingerprint density at radius 1 is 1.30 bits per heavy atom. The summed E-state index contributed by atoms with van der Waals surface area (Å²) in [5.74, 6) is 0.0415. The Bertz CT molecular complexity index is 611. The zero-order valence-electron chi connectivity index (χ0n) is 11.3. The molecule has 0 saturated heterocycles. The maximum Gasteiger partial charge on any atom is 0.261 e. The number of nitrogens with one attached hydrogen (secondary N) is 1. The number of carbonyl (C=O) groups is 1. The van der Waals surface area contributed by atoms with Crippen molar-refractivity contribution in [1.29, 1.82) is 0 Å². The van der Waals surface area contributed by atoms with E-state index in [0.717, 1.165) is 27.8 Å². The summed E-state index contributed by atoms with van der Waals surface area (Å²) in [6, 6.07) is 10.1. The molecular formula is C16H16BrNOS. The van der Waals surface area contributed by atoms with E-state index >= 15 is 0 Å². The lowest BCUT2D eigenvalue weighted by atomic mass is 10.1. The summed E-state index contributed by atoms with van der Waals surface area (Å²) in [6.45, 7) is 2.02. The largest absolute Gasteiger partial charge is 0.345 e. The third-order valence-electron chi connectivity index (χ3n) is 3.69. The van der Waals surface area contributed by atoms with Crippen LogP contribution in [0.4, 0.5) is 0 Å². The van der Waals surface area contributed by atoms with Crippen LogP contribution in [-0.4, -0.2) is 5.91 Å². The van der Waals surface area contributed by atoms with Crippen LogP contribution in [0.15, 0.2) is 34.8 Å². The predicted octanol–water partition coefficient (Wildman–Crippen LogP) is 4.49. The fraction of sp³-hybridized carbons (Fsp3) is 0.312. The Kier molecular flexibility index (Phi) is 3.94. The number of amides is 1. The highest BCUT2D eigenvalue weighted by Crippen LogP contribution is 2.30. The van der Waals surface area contributed by atoms with Crippen molar-refractivity contribution >= 4 is 33.2 Å². The van der Waals surface area contributed by atoms with E-state index in [0.29, 0.717) is 0 Å². The molecule has 0 bridgehead atoms. The van der Waals surface area contributed by atoms with Crippen LogP contribution in [0.2, 0.25) is 0 Å². The van der Waals surface area contributed by atoms with Gasteiger partial charge >= 0.3 is 0 Å². The first kappa shape index (κ1) is 13.8. The van der Waals surface area contributed by atoms with Crippen molar-refractivity contribution in [2.45, 2.75) is 32.2 Å². The minimum absolute atomic E-state index is 0.0209. The van der Waals surface area contributed by atoms with Gasteiger partial charge < -0.3 is 5.32 Å². The van der Waals surface area contributed by atoms with Crippen molar-refractivity contribution in [2.24, 2.45) is 0 Å². The lowest BCUT2D eigenvalue weighted by Crippen LogP contribution is -2.25. The predicted molar refractivity (Wildman–Crippen MR) is 86.4 cm³/mol. The molecule has 1 heterocycles. The first-order valence-corrected chi connectivity index (χ1v) is 8.42. The quantitative estimate of drug-likeness (QED) is 0.868. The molecule has 0 unspecified atom stereocenters. The van der Waals surface area contributed by atoms with Crippen molar-refractivity contribution < 1.29 is 4.79 Å². The highest BCUT2D eigenvalue weighted by atomic mass is 79.9. The van der Waals surface area contributed by atoms with Gasteiger partial charge in [0.1, 0.15) is 0 Å². The monoisotopic (exact) mass is 349 g/mol. The number of aryl methyl sites for hydroxylation is 2. The number of carbonyl (C=O) groups excluding carboxylic acids is 1. The van der Waals surface area contributed by atoms with Crippen molar-refractivity contribution in [3.8, 4) is 0 Å². The Balaban J connectivity index is 1.70. The number of hydrogen-bond donors (Lipinski definition) is 1. The van der Waals surface area contributed by atoms with Gasteiger partial charge in [0.25, 0.3) is 5.91 Å². The van der Waals surface area contributed by atoms with Crippen molar-refractivity contribution in [3.63, 3.8) is 0 Å². The molecule has 0 spiro atoms. The maximum absolute atomic E-state index is 12.3. The van der Waals surface area contributed by atoms with E-state index in [1.54, 1.807) is 11.3 Å². The molecule has 3 rings (SSSR count). The molecule has 104 valence electrons. The van der Waals surface area contributed by atoms with Crippen LogP contribution in [-0.2, 0) is 12.8 Å². The van der Waals surface area contributed by atoms with Crippen LogP contribution in [0.5, 0.6) is 0 Å². The molecule has 1 aliphatic carbocycles. The smallest absolute Gasteiger partial charge is 0.261 e. The molecule has 0 saturated carbocycles. The first-order chi connectivity index (χ1) is 9.63.